The minimum absolute atomic E-state index is 0.142. The summed E-state index contributed by atoms with van der Waals surface area (Å²) in [6, 6.07) is 10.4. The number of aromatic nitrogens is 2. The summed E-state index contributed by atoms with van der Waals surface area (Å²) in [4.78, 5) is 27.7. The molecule has 4 rings (SSSR count). The van der Waals surface area contributed by atoms with Gasteiger partial charge in [-0.3, -0.25) is 10.1 Å². The summed E-state index contributed by atoms with van der Waals surface area (Å²) in [5.74, 6) is -0.405. The third kappa shape index (κ3) is 4.46. The van der Waals surface area contributed by atoms with Gasteiger partial charge in [-0.1, -0.05) is 18.6 Å². The number of hydrogen-bond acceptors (Lipinski definition) is 7. The average molecular weight is 473 g/mol. The highest BCUT2D eigenvalue weighted by molar-refractivity contribution is 7.89. The molecule has 1 saturated heterocycles. The van der Waals surface area contributed by atoms with E-state index in [2.05, 4.69) is 4.98 Å². The number of rotatable bonds is 7. The molecular formula is C22H24N4O6S. The molecule has 2 aromatic carbocycles. The quantitative estimate of drug-likeness (QED) is 0.293. The van der Waals surface area contributed by atoms with Crippen molar-refractivity contribution >= 4 is 32.7 Å². The summed E-state index contributed by atoms with van der Waals surface area (Å²) in [6.45, 7) is 3.23. The van der Waals surface area contributed by atoms with Crippen LogP contribution in [0, 0.1) is 10.1 Å². The Bertz CT molecular complexity index is 1310. The van der Waals surface area contributed by atoms with E-state index in [0.29, 0.717) is 36.5 Å². The minimum atomic E-state index is -3.60. The third-order valence-electron chi connectivity index (χ3n) is 5.72. The van der Waals surface area contributed by atoms with Crippen molar-refractivity contribution in [3.8, 4) is 0 Å². The summed E-state index contributed by atoms with van der Waals surface area (Å²) >= 11 is 0. The Morgan fingerprint density at radius 1 is 1.15 bits per heavy atom. The molecule has 0 atom stereocenters. The second kappa shape index (κ2) is 9.28. The van der Waals surface area contributed by atoms with Crippen LogP contribution in [0.2, 0.25) is 0 Å². The van der Waals surface area contributed by atoms with E-state index in [1.165, 1.54) is 28.6 Å². The van der Waals surface area contributed by atoms with Gasteiger partial charge >= 0.3 is 5.97 Å². The number of hydrogen-bond donors (Lipinski definition) is 0. The van der Waals surface area contributed by atoms with Crippen LogP contribution < -0.4 is 0 Å². The maximum atomic E-state index is 13.0. The highest BCUT2D eigenvalue weighted by atomic mass is 32.2. The van der Waals surface area contributed by atoms with Crippen molar-refractivity contribution < 1.29 is 22.9 Å². The monoisotopic (exact) mass is 472 g/mol. The molecule has 0 bridgehead atoms. The van der Waals surface area contributed by atoms with Crippen LogP contribution in [0.25, 0.3) is 11.0 Å². The third-order valence-corrected chi connectivity index (χ3v) is 7.62. The van der Waals surface area contributed by atoms with Crippen LogP contribution >= 0.6 is 0 Å². The molecule has 2 heterocycles. The molecule has 0 unspecified atom stereocenters. The van der Waals surface area contributed by atoms with Gasteiger partial charge in [0.2, 0.25) is 10.0 Å². The van der Waals surface area contributed by atoms with Crippen molar-refractivity contribution in [1.82, 2.24) is 13.9 Å². The Morgan fingerprint density at radius 3 is 2.58 bits per heavy atom. The number of imidazole rings is 1. The first-order chi connectivity index (χ1) is 15.8. The fraction of sp³-hybridized carbons (Fsp3) is 0.364. The van der Waals surface area contributed by atoms with Crippen LogP contribution in [0.3, 0.4) is 0 Å². The SMILES string of the molecule is CCn1c(COC(=O)c2ccccc2[N+](=O)[O-])nc2cc(S(=O)(=O)N3CCCCC3)ccc21. The number of ether oxygens (including phenoxy) is 1. The molecule has 174 valence electrons. The van der Waals surface area contributed by atoms with Gasteiger partial charge in [-0.25, -0.2) is 18.2 Å². The molecule has 0 N–H and O–H groups in total. The van der Waals surface area contributed by atoms with Crippen LogP contribution in [0.1, 0.15) is 42.4 Å². The van der Waals surface area contributed by atoms with E-state index in [4.69, 9.17) is 4.74 Å². The number of nitrogens with zero attached hydrogens (tertiary/aromatic N) is 4. The second-order valence-electron chi connectivity index (χ2n) is 7.74. The molecule has 3 aromatic rings. The van der Waals surface area contributed by atoms with Gasteiger partial charge in [-0.15, -0.1) is 0 Å². The molecule has 0 amide bonds. The summed E-state index contributed by atoms with van der Waals surface area (Å²) in [5.41, 5.74) is 0.717. The van der Waals surface area contributed by atoms with Crippen LogP contribution in [0.15, 0.2) is 47.4 Å². The number of nitro benzene ring substituents is 1. The molecule has 0 aliphatic carbocycles. The zero-order valence-corrected chi connectivity index (χ0v) is 19.0. The van der Waals surface area contributed by atoms with Gasteiger partial charge in [-0.2, -0.15) is 4.31 Å². The van der Waals surface area contributed by atoms with Gasteiger partial charge < -0.3 is 9.30 Å². The van der Waals surface area contributed by atoms with Gasteiger partial charge in [-0.05, 0) is 44.0 Å². The van der Waals surface area contributed by atoms with Crippen molar-refractivity contribution in [2.75, 3.05) is 13.1 Å². The maximum absolute atomic E-state index is 13.0. The van der Waals surface area contributed by atoms with Gasteiger partial charge in [0.15, 0.2) is 0 Å². The first-order valence-corrected chi connectivity index (χ1v) is 12.2. The lowest BCUT2D eigenvalue weighted by Crippen LogP contribution is -2.35. The molecule has 33 heavy (non-hydrogen) atoms. The smallest absolute Gasteiger partial charge is 0.345 e. The highest BCUT2D eigenvalue weighted by Gasteiger charge is 2.27. The average Bonchev–Trinajstić information content (AvgIpc) is 3.19. The van der Waals surface area contributed by atoms with Crippen molar-refractivity contribution in [2.45, 2.75) is 44.2 Å². The molecule has 1 aliphatic rings. The van der Waals surface area contributed by atoms with E-state index < -0.39 is 20.9 Å². The molecule has 10 nitrogen and oxygen atoms in total. The zero-order chi connectivity index (χ0) is 23.6. The predicted molar refractivity (Wildman–Crippen MR) is 120 cm³/mol. The van der Waals surface area contributed by atoms with E-state index >= 15 is 0 Å². The number of carbonyl (C=O) groups excluding carboxylic acids is 1. The van der Waals surface area contributed by atoms with Crippen molar-refractivity contribution in [1.29, 1.82) is 0 Å². The lowest BCUT2D eigenvalue weighted by Gasteiger charge is -2.25. The molecular weight excluding hydrogens is 448 g/mol. The second-order valence-corrected chi connectivity index (χ2v) is 9.68. The van der Waals surface area contributed by atoms with E-state index in [9.17, 15) is 23.3 Å². The first kappa shape index (κ1) is 22.9. The van der Waals surface area contributed by atoms with Gasteiger partial charge in [0.1, 0.15) is 18.0 Å². The Kier molecular flexibility index (Phi) is 6.43. The van der Waals surface area contributed by atoms with Crippen LogP contribution in [-0.2, 0) is 27.9 Å². The van der Waals surface area contributed by atoms with Gasteiger partial charge in [0.05, 0.1) is 20.9 Å². The van der Waals surface area contributed by atoms with Crippen molar-refractivity contribution in [3.05, 3.63) is 64.0 Å². The molecule has 11 heteroatoms. The number of benzene rings is 2. The number of fused-ring (bicyclic) bond motifs is 1. The van der Waals surface area contributed by atoms with E-state index in [-0.39, 0.29) is 22.8 Å². The number of carbonyl (C=O) groups is 1. The number of esters is 1. The number of nitro groups is 1. The molecule has 1 aromatic heterocycles. The van der Waals surface area contributed by atoms with Crippen LogP contribution in [-0.4, -0.2) is 46.3 Å². The standard InChI is InChI=1S/C22H24N4O6S/c1-2-25-20-11-10-16(33(30,31)24-12-6-3-7-13-24)14-18(20)23-21(25)15-32-22(27)17-8-4-5-9-19(17)26(28)29/h4-5,8-11,14H,2-3,6-7,12-13,15H2,1H3. The predicted octanol–water partition coefficient (Wildman–Crippen LogP) is 3.50. The van der Waals surface area contributed by atoms with E-state index in [1.54, 1.807) is 18.2 Å². The fourth-order valence-corrected chi connectivity index (χ4v) is 5.59. The topological polar surface area (TPSA) is 125 Å². The van der Waals surface area contributed by atoms with Gasteiger partial charge in [0.25, 0.3) is 5.69 Å². The fourth-order valence-electron chi connectivity index (χ4n) is 4.05. The van der Waals surface area contributed by atoms with Gasteiger partial charge in [0, 0.05) is 25.7 Å². The molecule has 1 aliphatic heterocycles. The van der Waals surface area contributed by atoms with Crippen LogP contribution in [0.4, 0.5) is 5.69 Å². The molecule has 0 saturated carbocycles. The molecule has 0 spiro atoms. The van der Waals surface area contributed by atoms with Crippen LogP contribution in [0.5, 0.6) is 0 Å². The number of sulfonamides is 1. The normalized spacial score (nSPS) is 14.9. The minimum Gasteiger partial charge on any atom is -0.454 e. The van der Waals surface area contributed by atoms with Crippen molar-refractivity contribution in [2.24, 2.45) is 0 Å². The Hall–Kier alpha value is -3.31. The Labute approximate surface area is 191 Å². The number of para-hydroxylation sites is 1. The number of aryl methyl sites for hydroxylation is 1. The van der Waals surface area contributed by atoms with E-state index in [1.807, 2.05) is 11.5 Å². The first-order valence-electron chi connectivity index (χ1n) is 10.7. The highest BCUT2D eigenvalue weighted by Crippen LogP contribution is 2.26. The molecule has 0 radical (unpaired) electrons. The zero-order valence-electron chi connectivity index (χ0n) is 18.1. The summed E-state index contributed by atoms with van der Waals surface area (Å²) in [6.07, 6.45) is 2.72. The summed E-state index contributed by atoms with van der Waals surface area (Å²) in [7, 11) is -3.60. The summed E-state index contributed by atoms with van der Waals surface area (Å²) in [5, 5.41) is 11.2. The van der Waals surface area contributed by atoms with E-state index in [0.717, 1.165) is 19.3 Å². The Balaban J connectivity index is 1.60. The van der Waals surface area contributed by atoms with Crippen molar-refractivity contribution in [3.63, 3.8) is 0 Å². The number of piperidine rings is 1. The maximum Gasteiger partial charge on any atom is 0.345 e. The Morgan fingerprint density at radius 2 is 1.88 bits per heavy atom. The largest absolute Gasteiger partial charge is 0.454 e. The molecule has 1 fully saturated rings. The lowest BCUT2D eigenvalue weighted by atomic mass is 10.2. The lowest BCUT2D eigenvalue weighted by molar-refractivity contribution is -0.385. The summed E-state index contributed by atoms with van der Waals surface area (Å²) < 4.78 is 34.7.